The van der Waals surface area contributed by atoms with E-state index in [1.165, 1.54) is 23.5 Å². The van der Waals surface area contributed by atoms with E-state index in [0.29, 0.717) is 4.24 Å². The van der Waals surface area contributed by atoms with Crippen molar-refractivity contribution in [2.24, 2.45) is 0 Å². The molecule has 0 aliphatic carbocycles. The van der Waals surface area contributed by atoms with Gasteiger partial charge in [-0.05, 0) is 40.2 Å². The second-order valence-electron chi connectivity index (χ2n) is 3.98. The van der Waals surface area contributed by atoms with E-state index in [4.69, 9.17) is 9.47 Å². The Bertz CT molecular complexity index is 305. The maximum Gasteiger partial charge on any atom is 0.347 e. The van der Waals surface area contributed by atoms with Crippen LogP contribution in [0.5, 0.6) is 0 Å². The minimum Gasteiger partial charge on any atom is -0.459 e. The Kier molecular flexibility index (Phi) is 8.18. The number of ether oxygens (including phenoxy) is 2. The molecule has 0 aliphatic rings. The molecule has 0 aromatic rings. The van der Waals surface area contributed by atoms with Crippen LogP contribution in [0.1, 0.15) is 27.7 Å². The van der Waals surface area contributed by atoms with Gasteiger partial charge < -0.3 is 9.47 Å². The molecule has 0 saturated carbocycles. The van der Waals surface area contributed by atoms with Crippen LogP contribution in [0.3, 0.4) is 0 Å². The number of carbonyl (C=O) groups excluding carboxylic acids is 2. The largest absolute Gasteiger partial charge is 0.459 e. The zero-order valence-electron chi connectivity index (χ0n) is 11.6. The van der Waals surface area contributed by atoms with Gasteiger partial charge in [0.2, 0.25) is 0 Å². The van der Waals surface area contributed by atoms with Gasteiger partial charge in [0.25, 0.3) is 0 Å². The summed E-state index contributed by atoms with van der Waals surface area (Å²) in [5.41, 5.74) is -0.0163. The Balaban J connectivity index is 5.24. The van der Waals surface area contributed by atoms with Crippen molar-refractivity contribution in [1.29, 1.82) is 0 Å². The summed E-state index contributed by atoms with van der Waals surface area (Å²) in [6.07, 6.45) is 3.06. The molecular formula is C12H20O4S2. The topological polar surface area (TPSA) is 52.6 Å². The smallest absolute Gasteiger partial charge is 0.347 e. The molecule has 0 bridgehead atoms. The molecule has 0 aromatic heterocycles. The van der Waals surface area contributed by atoms with Crippen molar-refractivity contribution in [1.82, 2.24) is 0 Å². The zero-order valence-corrected chi connectivity index (χ0v) is 13.2. The second kappa shape index (κ2) is 8.48. The SMILES string of the molecule is CSC(SC)=C(C(=O)OC(C)C)C(=O)OC(C)C. The van der Waals surface area contributed by atoms with Crippen LogP contribution in [0, 0.1) is 0 Å². The van der Waals surface area contributed by atoms with E-state index in [-0.39, 0.29) is 17.8 Å². The number of hydrogen-bond donors (Lipinski definition) is 0. The molecule has 0 spiro atoms. The van der Waals surface area contributed by atoms with Gasteiger partial charge in [-0.25, -0.2) is 9.59 Å². The summed E-state index contributed by atoms with van der Waals surface area (Å²) in [5, 5.41) is 0. The average molecular weight is 292 g/mol. The van der Waals surface area contributed by atoms with Crippen molar-refractivity contribution in [3.63, 3.8) is 0 Å². The predicted molar refractivity (Wildman–Crippen MR) is 76.5 cm³/mol. The standard InChI is InChI=1S/C12H20O4S2/c1-7(2)15-10(13)9(12(17-5)18-6)11(14)16-8(3)4/h7-8H,1-6H3. The monoisotopic (exact) mass is 292 g/mol. The van der Waals surface area contributed by atoms with Crippen LogP contribution in [0.25, 0.3) is 0 Å². The Labute approximate surface area is 117 Å². The molecule has 0 radical (unpaired) electrons. The van der Waals surface area contributed by atoms with Crippen molar-refractivity contribution in [2.45, 2.75) is 39.9 Å². The van der Waals surface area contributed by atoms with E-state index in [2.05, 4.69) is 0 Å². The molecule has 4 nitrogen and oxygen atoms in total. The highest BCUT2D eigenvalue weighted by Crippen LogP contribution is 2.29. The fourth-order valence-corrected chi connectivity index (χ4v) is 2.49. The lowest BCUT2D eigenvalue weighted by molar-refractivity contribution is -0.150. The van der Waals surface area contributed by atoms with Crippen LogP contribution < -0.4 is 0 Å². The summed E-state index contributed by atoms with van der Waals surface area (Å²) in [6, 6.07) is 0. The van der Waals surface area contributed by atoms with Gasteiger partial charge in [0.1, 0.15) is 0 Å². The summed E-state index contributed by atoms with van der Waals surface area (Å²) in [6.45, 7) is 6.95. The Morgan fingerprint density at radius 2 is 1.17 bits per heavy atom. The van der Waals surface area contributed by atoms with Gasteiger partial charge in [-0.15, -0.1) is 23.5 Å². The van der Waals surface area contributed by atoms with E-state index < -0.39 is 11.9 Å². The third-order valence-corrected chi connectivity index (χ3v) is 3.82. The van der Waals surface area contributed by atoms with Crippen LogP contribution in [-0.2, 0) is 19.1 Å². The minimum atomic E-state index is -0.630. The molecule has 18 heavy (non-hydrogen) atoms. The maximum absolute atomic E-state index is 11.9. The van der Waals surface area contributed by atoms with Crippen LogP contribution in [0.4, 0.5) is 0 Å². The first-order valence-electron chi connectivity index (χ1n) is 5.57. The summed E-state index contributed by atoms with van der Waals surface area (Å²) < 4.78 is 10.8. The normalized spacial score (nSPS) is 10.4. The first kappa shape index (κ1) is 17.4. The van der Waals surface area contributed by atoms with Crippen molar-refractivity contribution in [3.8, 4) is 0 Å². The fraction of sp³-hybridized carbons (Fsp3) is 0.667. The van der Waals surface area contributed by atoms with Crippen molar-refractivity contribution in [2.75, 3.05) is 12.5 Å². The summed E-state index contributed by atoms with van der Waals surface area (Å²) in [5.74, 6) is -1.26. The predicted octanol–water partition coefficient (Wildman–Crippen LogP) is 2.83. The van der Waals surface area contributed by atoms with Gasteiger partial charge in [-0.2, -0.15) is 0 Å². The Morgan fingerprint density at radius 3 is 1.39 bits per heavy atom. The van der Waals surface area contributed by atoms with Crippen LogP contribution in [0.2, 0.25) is 0 Å². The maximum atomic E-state index is 11.9. The lowest BCUT2D eigenvalue weighted by Crippen LogP contribution is -2.24. The van der Waals surface area contributed by atoms with Crippen molar-refractivity contribution < 1.29 is 19.1 Å². The first-order chi connectivity index (χ1) is 8.33. The van der Waals surface area contributed by atoms with Gasteiger partial charge >= 0.3 is 11.9 Å². The zero-order chi connectivity index (χ0) is 14.3. The summed E-state index contributed by atoms with van der Waals surface area (Å²) in [7, 11) is 0. The summed E-state index contributed by atoms with van der Waals surface area (Å²) >= 11 is 2.66. The fourth-order valence-electron chi connectivity index (χ4n) is 1.08. The molecule has 0 fully saturated rings. The number of esters is 2. The van der Waals surface area contributed by atoms with Crippen LogP contribution >= 0.6 is 23.5 Å². The average Bonchev–Trinajstić information content (AvgIpc) is 2.22. The molecular weight excluding hydrogens is 272 g/mol. The van der Waals surface area contributed by atoms with Gasteiger partial charge in [0.15, 0.2) is 5.57 Å². The number of hydrogen-bond acceptors (Lipinski definition) is 6. The van der Waals surface area contributed by atoms with Gasteiger partial charge in [-0.1, -0.05) is 0 Å². The van der Waals surface area contributed by atoms with Crippen LogP contribution in [0.15, 0.2) is 9.81 Å². The minimum absolute atomic E-state index is 0.0163. The van der Waals surface area contributed by atoms with Crippen LogP contribution in [-0.4, -0.2) is 36.7 Å². The molecule has 0 saturated heterocycles. The molecule has 0 heterocycles. The molecule has 6 heteroatoms. The summed E-state index contributed by atoms with van der Waals surface area (Å²) in [4.78, 5) is 23.9. The van der Waals surface area contributed by atoms with Gasteiger partial charge in [-0.3, -0.25) is 0 Å². The number of thioether (sulfide) groups is 2. The second-order valence-corrected chi connectivity index (χ2v) is 5.87. The lowest BCUT2D eigenvalue weighted by Gasteiger charge is -2.14. The molecule has 0 N–H and O–H groups in total. The van der Waals surface area contributed by atoms with Crippen molar-refractivity contribution >= 4 is 35.5 Å². The molecule has 0 aliphatic heterocycles. The molecule has 0 amide bonds. The van der Waals surface area contributed by atoms with E-state index in [1.807, 2.05) is 0 Å². The van der Waals surface area contributed by atoms with E-state index in [1.54, 1.807) is 40.2 Å². The van der Waals surface area contributed by atoms with E-state index in [9.17, 15) is 9.59 Å². The first-order valence-corrected chi connectivity index (χ1v) is 8.02. The lowest BCUT2D eigenvalue weighted by atomic mass is 10.3. The molecule has 104 valence electrons. The highest BCUT2D eigenvalue weighted by atomic mass is 32.2. The molecule has 0 atom stereocenters. The Hall–Kier alpha value is -0.620. The highest BCUT2D eigenvalue weighted by Gasteiger charge is 2.27. The quantitative estimate of drug-likeness (QED) is 0.325. The van der Waals surface area contributed by atoms with E-state index >= 15 is 0 Å². The Morgan fingerprint density at radius 1 is 0.833 bits per heavy atom. The molecule has 0 aromatic carbocycles. The van der Waals surface area contributed by atoms with E-state index in [0.717, 1.165) is 0 Å². The number of rotatable bonds is 6. The van der Waals surface area contributed by atoms with Gasteiger partial charge in [0.05, 0.1) is 16.4 Å². The third-order valence-electron chi connectivity index (χ3n) is 1.67. The molecule has 0 rings (SSSR count). The highest BCUT2D eigenvalue weighted by molar-refractivity contribution is 8.21. The molecule has 0 unspecified atom stereocenters. The van der Waals surface area contributed by atoms with Gasteiger partial charge in [0, 0.05) is 0 Å². The van der Waals surface area contributed by atoms with Crippen molar-refractivity contribution in [3.05, 3.63) is 9.81 Å². The third kappa shape index (κ3) is 5.82. The number of carbonyl (C=O) groups is 2.